The second-order valence-corrected chi connectivity index (χ2v) is 6.08. The number of ether oxygens (including phenoxy) is 1. The number of carbonyl (C=O) groups is 1. The molecule has 3 rings (SSSR count). The number of anilines is 2. The van der Waals surface area contributed by atoms with Crippen LogP contribution in [0.3, 0.4) is 0 Å². The van der Waals surface area contributed by atoms with Crippen LogP contribution in [-0.4, -0.2) is 11.4 Å². The number of halogens is 2. The number of nitrogens with zero attached hydrogens (tertiary/aromatic N) is 2. The molecule has 0 saturated carbocycles. The van der Waals surface area contributed by atoms with Crippen LogP contribution in [0.5, 0.6) is 11.6 Å². The van der Waals surface area contributed by atoms with Crippen molar-refractivity contribution in [3.8, 4) is 11.6 Å². The fourth-order valence-corrected chi connectivity index (χ4v) is 2.90. The highest BCUT2D eigenvalue weighted by molar-refractivity contribution is 6.40. The molecule has 25 heavy (non-hydrogen) atoms. The van der Waals surface area contributed by atoms with Gasteiger partial charge in [0.2, 0.25) is 12.3 Å². The van der Waals surface area contributed by atoms with Gasteiger partial charge >= 0.3 is 0 Å². The van der Waals surface area contributed by atoms with E-state index in [0.717, 1.165) is 11.3 Å². The number of rotatable bonds is 5. The SMILES string of the molecule is Cc1ccccc1Oc1ccc(N(C=O)c2c(Cl)cccc2Cl)cn1. The van der Waals surface area contributed by atoms with Crippen molar-refractivity contribution in [1.29, 1.82) is 0 Å². The fraction of sp³-hybridized carbons (Fsp3) is 0.0526. The van der Waals surface area contributed by atoms with Crippen molar-refractivity contribution in [2.24, 2.45) is 0 Å². The van der Waals surface area contributed by atoms with Crippen LogP contribution in [-0.2, 0) is 4.79 Å². The van der Waals surface area contributed by atoms with Gasteiger partial charge in [-0.25, -0.2) is 4.98 Å². The monoisotopic (exact) mass is 372 g/mol. The molecule has 0 N–H and O–H groups in total. The Balaban J connectivity index is 1.88. The number of para-hydroxylation sites is 2. The zero-order chi connectivity index (χ0) is 17.8. The van der Waals surface area contributed by atoms with Gasteiger partial charge < -0.3 is 4.74 Å². The van der Waals surface area contributed by atoms with Crippen LogP contribution in [0.25, 0.3) is 0 Å². The molecule has 6 heteroatoms. The minimum absolute atomic E-state index is 0.375. The normalized spacial score (nSPS) is 10.4. The van der Waals surface area contributed by atoms with Crippen LogP contribution < -0.4 is 9.64 Å². The van der Waals surface area contributed by atoms with Gasteiger partial charge in [0.15, 0.2) is 0 Å². The third-order valence-electron chi connectivity index (χ3n) is 3.59. The molecular formula is C19H14Cl2N2O2. The summed E-state index contributed by atoms with van der Waals surface area (Å²) in [6, 6.07) is 16.1. The van der Waals surface area contributed by atoms with Crippen molar-refractivity contribution in [2.75, 3.05) is 4.90 Å². The number of amides is 1. The Morgan fingerprint density at radius 3 is 2.32 bits per heavy atom. The van der Waals surface area contributed by atoms with Crippen molar-refractivity contribution in [3.63, 3.8) is 0 Å². The summed E-state index contributed by atoms with van der Waals surface area (Å²) in [5.41, 5.74) is 1.95. The summed E-state index contributed by atoms with van der Waals surface area (Å²) in [4.78, 5) is 17.2. The predicted molar refractivity (Wildman–Crippen MR) is 100 cm³/mol. The van der Waals surface area contributed by atoms with E-state index in [1.165, 1.54) is 11.1 Å². The summed E-state index contributed by atoms with van der Waals surface area (Å²) in [6.45, 7) is 1.96. The van der Waals surface area contributed by atoms with Gasteiger partial charge in [-0.05, 0) is 36.8 Å². The molecule has 4 nitrogen and oxygen atoms in total. The summed E-state index contributed by atoms with van der Waals surface area (Å²) in [6.07, 6.45) is 2.17. The molecule has 1 amide bonds. The summed E-state index contributed by atoms with van der Waals surface area (Å²) < 4.78 is 5.76. The molecule has 0 bridgehead atoms. The van der Waals surface area contributed by atoms with Crippen LogP contribution in [0.4, 0.5) is 11.4 Å². The highest BCUT2D eigenvalue weighted by atomic mass is 35.5. The van der Waals surface area contributed by atoms with Crippen molar-refractivity contribution in [2.45, 2.75) is 6.92 Å². The average Bonchev–Trinajstić information content (AvgIpc) is 2.61. The maximum absolute atomic E-state index is 11.6. The molecule has 3 aromatic rings. The van der Waals surface area contributed by atoms with Crippen LogP contribution in [0.2, 0.25) is 10.0 Å². The molecule has 0 radical (unpaired) electrons. The van der Waals surface area contributed by atoms with Gasteiger partial charge in [0.1, 0.15) is 5.75 Å². The maximum atomic E-state index is 11.6. The number of aromatic nitrogens is 1. The molecule has 0 atom stereocenters. The highest BCUT2D eigenvalue weighted by Crippen LogP contribution is 2.37. The molecule has 0 aliphatic carbocycles. The minimum Gasteiger partial charge on any atom is -0.439 e. The number of hydrogen-bond acceptors (Lipinski definition) is 3. The number of pyridine rings is 1. The lowest BCUT2D eigenvalue weighted by molar-refractivity contribution is -0.106. The van der Waals surface area contributed by atoms with Gasteiger partial charge in [0.05, 0.1) is 27.6 Å². The van der Waals surface area contributed by atoms with E-state index >= 15 is 0 Å². The first-order valence-corrected chi connectivity index (χ1v) is 8.24. The lowest BCUT2D eigenvalue weighted by Gasteiger charge is -2.20. The molecular weight excluding hydrogens is 359 g/mol. The first kappa shape index (κ1) is 17.3. The first-order valence-electron chi connectivity index (χ1n) is 7.48. The molecule has 0 saturated heterocycles. The second-order valence-electron chi connectivity index (χ2n) is 5.27. The van der Waals surface area contributed by atoms with Crippen LogP contribution >= 0.6 is 23.2 Å². The lowest BCUT2D eigenvalue weighted by atomic mass is 10.2. The van der Waals surface area contributed by atoms with E-state index in [9.17, 15) is 4.79 Å². The molecule has 0 spiro atoms. The number of aryl methyl sites for hydroxylation is 1. The molecule has 1 heterocycles. The molecule has 0 fully saturated rings. The molecule has 0 aliphatic rings. The number of carbonyl (C=O) groups excluding carboxylic acids is 1. The average molecular weight is 373 g/mol. The zero-order valence-corrected chi connectivity index (χ0v) is 14.8. The Kier molecular flexibility index (Phi) is 5.22. The van der Waals surface area contributed by atoms with Gasteiger partial charge in [0.25, 0.3) is 0 Å². The highest BCUT2D eigenvalue weighted by Gasteiger charge is 2.16. The van der Waals surface area contributed by atoms with Gasteiger partial charge in [-0.3, -0.25) is 9.69 Å². The van der Waals surface area contributed by atoms with Crippen LogP contribution in [0.1, 0.15) is 5.56 Å². The molecule has 2 aromatic carbocycles. The maximum Gasteiger partial charge on any atom is 0.219 e. The predicted octanol–water partition coefficient (Wildman–Crippen LogP) is 5.78. The molecule has 1 aromatic heterocycles. The van der Waals surface area contributed by atoms with E-state index in [2.05, 4.69) is 4.98 Å². The first-order chi connectivity index (χ1) is 12.1. The van der Waals surface area contributed by atoms with E-state index in [0.29, 0.717) is 33.7 Å². The van der Waals surface area contributed by atoms with E-state index in [1.807, 2.05) is 31.2 Å². The molecule has 126 valence electrons. The Morgan fingerprint density at radius 2 is 1.72 bits per heavy atom. The molecule has 0 unspecified atom stereocenters. The van der Waals surface area contributed by atoms with E-state index in [1.54, 1.807) is 30.3 Å². The van der Waals surface area contributed by atoms with Gasteiger partial charge in [0, 0.05) is 6.07 Å². The van der Waals surface area contributed by atoms with Crippen molar-refractivity contribution < 1.29 is 9.53 Å². The third kappa shape index (κ3) is 3.76. The van der Waals surface area contributed by atoms with E-state index in [-0.39, 0.29) is 0 Å². The third-order valence-corrected chi connectivity index (χ3v) is 4.20. The Morgan fingerprint density at radius 1 is 1.00 bits per heavy atom. The Labute approximate surface area is 155 Å². The van der Waals surface area contributed by atoms with Gasteiger partial charge in [-0.1, -0.05) is 47.5 Å². The quantitative estimate of drug-likeness (QED) is 0.532. The standard InChI is InChI=1S/C19H14Cl2N2O2/c1-13-5-2-3-8-17(13)25-18-10-9-14(11-22-18)23(12-24)19-15(20)6-4-7-16(19)21/h2-12H,1H3. The van der Waals surface area contributed by atoms with Crippen molar-refractivity contribution in [1.82, 2.24) is 4.98 Å². The number of benzene rings is 2. The minimum atomic E-state index is 0.375. The van der Waals surface area contributed by atoms with Crippen LogP contribution in [0, 0.1) is 6.92 Å². The largest absolute Gasteiger partial charge is 0.439 e. The smallest absolute Gasteiger partial charge is 0.219 e. The van der Waals surface area contributed by atoms with E-state index in [4.69, 9.17) is 27.9 Å². The Hall–Kier alpha value is -2.56. The summed E-state index contributed by atoms with van der Waals surface area (Å²) in [5, 5.41) is 0.750. The fourth-order valence-electron chi connectivity index (χ4n) is 2.32. The Bertz CT molecular complexity index is 878. The van der Waals surface area contributed by atoms with Crippen LogP contribution in [0.15, 0.2) is 60.8 Å². The summed E-state index contributed by atoms with van der Waals surface area (Å²) in [5.74, 6) is 1.15. The topological polar surface area (TPSA) is 42.4 Å². The lowest BCUT2D eigenvalue weighted by Crippen LogP contribution is -2.15. The van der Waals surface area contributed by atoms with Crippen molar-refractivity contribution in [3.05, 3.63) is 76.4 Å². The van der Waals surface area contributed by atoms with Gasteiger partial charge in [-0.2, -0.15) is 0 Å². The molecule has 0 aliphatic heterocycles. The second kappa shape index (κ2) is 7.55. The van der Waals surface area contributed by atoms with E-state index < -0.39 is 0 Å². The number of hydrogen-bond donors (Lipinski definition) is 0. The van der Waals surface area contributed by atoms with Crippen molar-refractivity contribution >= 4 is 41.0 Å². The summed E-state index contributed by atoms with van der Waals surface area (Å²) >= 11 is 12.4. The zero-order valence-electron chi connectivity index (χ0n) is 13.3. The summed E-state index contributed by atoms with van der Waals surface area (Å²) in [7, 11) is 0. The van der Waals surface area contributed by atoms with Gasteiger partial charge in [-0.15, -0.1) is 0 Å².